The van der Waals surface area contributed by atoms with Gasteiger partial charge in [0, 0.05) is 0 Å². The van der Waals surface area contributed by atoms with Crippen LogP contribution in [0, 0.1) is 11.8 Å². The number of rotatable bonds is 1. The number of hydrogen-bond donors (Lipinski definition) is 1. The van der Waals surface area contributed by atoms with Crippen molar-refractivity contribution in [2.24, 2.45) is 11.8 Å². The molecule has 1 saturated carbocycles. The van der Waals surface area contributed by atoms with Gasteiger partial charge in [0.1, 0.15) is 0 Å². The Morgan fingerprint density at radius 1 is 1.40 bits per heavy atom. The van der Waals surface area contributed by atoms with E-state index < -0.39 is 0 Å². The van der Waals surface area contributed by atoms with Gasteiger partial charge in [-0.3, -0.25) is 0 Å². The fourth-order valence-electron chi connectivity index (χ4n) is 1.65. The molecule has 0 radical (unpaired) electrons. The Morgan fingerprint density at radius 2 is 2.10 bits per heavy atom. The molecule has 2 fully saturated rings. The van der Waals surface area contributed by atoms with Gasteiger partial charge in [0.2, 0.25) is 0 Å². The van der Waals surface area contributed by atoms with Gasteiger partial charge in [-0.25, -0.2) is 0 Å². The van der Waals surface area contributed by atoms with Crippen LogP contribution >= 0.6 is 0 Å². The first-order chi connectivity index (χ1) is 4.79. The summed E-state index contributed by atoms with van der Waals surface area (Å²) in [5.74, 6) is 1.31. The second kappa shape index (κ2) is 2.71. The first kappa shape index (κ1) is 7.49. The molecule has 3 atom stereocenters. The molecule has 3 heteroatoms. The van der Waals surface area contributed by atoms with E-state index in [4.69, 9.17) is 4.74 Å². The molecule has 1 aliphatic carbocycles. The fraction of sp³-hybridized carbons (Fsp3) is 1.00. The number of hydrogen-bond acceptors (Lipinski definition) is 2. The summed E-state index contributed by atoms with van der Waals surface area (Å²) in [7, 11) is 0. The van der Waals surface area contributed by atoms with E-state index in [1.165, 1.54) is 12.8 Å². The molecule has 2 nitrogen and oxygen atoms in total. The van der Waals surface area contributed by atoms with Crippen LogP contribution in [0.5, 0.6) is 0 Å². The monoisotopic (exact) mass is 333 g/mol. The van der Waals surface area contributed by atoms with Crippen molar-refractivity contribution in [3.8, 4) is 0 Å². The summed E-state index contributed by atoms with van der Waals surface area (Å²) < 4.78 is 5.68. The third kappa shape index (κ3) is 1.25. The van der Waals surface area contributed by atoms with Gasteiger partial charge in [-0.1, -0.05) is 0 Å². The van der Waals surface area contributed by atoms with E-state index in [1.54, 1.807) is 0 Å². The van der Waals surface area contributed by atoms with Crippen LogP contribution < -0.4 is 0 Å². The van der Waals surface area contributed by atoms with Crippen molar-refractivity contribution in [3.05, 3.63) is 0 Å². The number of ether oxygens (including phenoxy) is 1. The van der Waals surface area contributed by atoms with Crippen LogP contribution in [0.3, 0.4) is 0 Å². The van der Waals surface area contributed by atoms with E-state index >= 15 is 0 Å². The van der Waals surface area contributed by atoms with Crippen LogP contribution in [0.25, 0.3) is 0 Å². The average molecular weight is 333 g/mol. The topological polar surface area (TPSA) is 29.5 Å². The average Bonchev–Trinajstić information content (AvgIpc) is 2.67. The molecule has 2 aliphatic rings. The normalized spacial score (nSPS) is 47.8. The van der Waals surface area contributed by atoms with Crippen LogP contribution in [0.15, 0.2) is 0 Å². The van der Waals surface area contributed by atoms with Crippen molar-refractivity contribution < 1.29 is 9.84 Å². The maximum absolute atomic E-state index is 9.59. The first-order valence-electron chi connectivity index (χ1n) is 3.92. The molecule has 1 saturated heterocycles. The van der Waals surface area contributed by atoms with Crippen LogP contribution in [-0.2, 0) is 4.74 Å². The van der Waals surface area contributed by atoms with E-state index in [1.807, 2.05) is 0 Å². The van der Waals surface area contributed by atoms with Crippen molar-refractivity contribution in [3.63, 3.8) is 0 Å². The Hall–Kier alpha value is 0.842. The van der Waals surface area contributed by atoms with Crippen LogP contribution in [0.2, 0.25) is 0 Å². The van der Waals surface area contributed by atoms with E-state index in [-0.39, 0.29) is 9.77 Å². The molecule has 0 aromatic carbocycles. The molecule has 2 rings (SSSR count). The maximum atomic E-state index is 9.59. The molecular formula is C7H12O2Tl. The molecule has 10 heavy (non-hydrogen) atoms. The van der Waals surface area contributed by atoms with Gasteiger partial charge < -0.3 is 0 Å². The molecule has 0 aromatic heterocycles. The molecule has 1 aliphatic heterocycles. The van der Waals surface area contributed by atoms with Crippen molar-refractivity contribution in [1.29, 1.82) is 0 Å². The van der Waals surface area contributed by atoms with Gasteiger partial charge in [-0.2, -0.15) is 0 Å². The quantitative estimate of drug-likeness (QED) is 0.664. The fourth-order valence-corrected chi connectivity index (χ4v) is 3.53. The first-order valence-corrected chi connectivity index (χ1v) is 7.09. The molecule has 0 aromatic rings. The second-order valence-corrected chi connectivity index (χ2v) is 6.49. The minimum atomic E-state index is -0.101. The predicted octanol–water partition coefficient (Wildman–Crippen LogP) is -0.369. The molecule has 0 amide bonds. The van der Waals surface area contributed by atoms with Gasteiger partial charge in [-0.15, -0.1) is 0 Å². The third-order valence-electron chi connectivity index (χ3n) is 2.55. The molecule has 0 bridgehead atoms. The van der Waals surface area contributed by atoms with Crippen molar-refractivity contribution in [2.75, 3.05) is 6.61 Å². The summed E-state index contributed by atoms with van der Waals surface area (Å²) in [5, 5.41) is 9.59. The van der Waals surface area contributed by atoms with Crippen molar-refractivity contribution in [2.45, 2.75) is 22.6 Å². The molecular weight excluding hydrogens is 320 g/mol. The summed E-state index contributed by atoms with van der Waals surface area (Å²) in [4.78, 5) is 0. The molecule has 1 N–H and O–H groups in total. The van der Waals surface area contributed by atoms with Gasteiger partial charge in [0.25, 0.3) is 0 Å². The Balaban J connectivity index is 1.96. The van der Waals surface area contributed by atoms with Crippen LogP contribution in [0.4, 0.5) is 0 Å². The molecule has 1 unspecified atom stereocenters. The number of aliphatic hydroxyl groups excluding tert-OH is 1. The molecule has 1 heterocycles. The Morgan fingerprint density at radius 3 is 2.50 bits per heavy atom. The summed E-state index contributed by atoms with van der Waals surface area (Å²) in [6.07, 6.45) is 2.55. The minimum absolute atomic E-state index is 0.101. The van der Waals surface area contributed by atoms with E-state index in [2.05, 4.69) is 0 Å². The Labute approximate surface area is 76.6 Å². The third-order valence-corrected chi connectivity index (χ3v) is 5.34. The summed E-state index contributed by atoms with van der Waals surface area (Å²) in [6, 6.07) is 0. The van der Waals surface area contributed by atoms with E-state index in [0.29, 0.717) is 31.7 Å². The standard InChI is InChI=1S/C7H11O2.Tl.H/c8-7-4-9-3-6(7)5-1-2-5;;/h4-8H,1-3H2;;/t6-,7-;;/m1../s1. The molecule has 0 spiro atoms. The van der Waals surface area contributed by atoms with Crippen molar-refractivity contribution in [1.82, 2.24) is 0 Å². The summed E-state index contributed by atoms with van der Waals surface area (Å²) in [6.45, 7) is 0.833. The second-order valence-electron chi connectivity index (χ2n) is 3.36. The molecule has 55 valence electrons. The van der Waals surface area contributed by atoms with E-state index in [9.17, 15) is 5.11 Å². The summed E-state index contributed by atoms with van der Waals surface area (Å²) >= 11 is 0.586. The van der Waals surface area contributed by atoms with Crippen LogP contribution in [-0.4, -0.2) is 47.2 Å². The van der Waals surface area contributed by atoms with Crippen LogP contribution in [0.1, 0.15) is 12.8 Å². The van der Waals surface area contributed by atoms with Gasteiger partial charge >= 0.3 is 76.7 Å². The SMILES string of the molecule is O[C@@H]1[CH]([TlH])OC[C@@H]1C1CC1. The Bertz CT molecular complexity index is 136. The predicted molar refractivity (Wildman–Crippen MR) is 39.1 cm³/mol. The van der Waals surface area contributed by atoms with Gasteiger partial charge in [-0.05, 0) is 0 Å². The zero-order chi connectivity index (χ0) is 7.14. The van der Waals surface area contributed by atoms with Crippen molar-refractivity contribution >= 4 is 25.8 Å². The van der Waals surface area contributed by atoms with E-state index in [0.717, 1.165) is 12.5 Å². The zero-order valence-corrected chi connectivity index (χ0v) is 11.5. The van der Waals surface area contributed by atoms with Gasteiger partial charge in [0.15, 0.2) is 0 Å². The van der Waals surface area contributed by atoms with Gasteiger partial charge in [0.05, 0.1) is 0 Å². The Kier molecular flexibility index (Phi) is 2.03. The summed E-state index contributed by atoms with van der Waals surface area (Å²) in [5.41, 5.74) is 0. The number of aliphatic hydroxyl groups is 1. The zero-order valence-electron chi connectivity index (χ0n) is 5.99.